The Bertz CT molecular complexity index is 965. The molecule has 0 aliphatic carbocycles. The van der Waals surface area contributed by atoms with Crippen LogP contribution >= 0.6 is 47.8 Å². The summed E-state index contributed by atoms with van der Waals surface area (Å²) in [4.78, 5) is 38.0. The standard InChI is InChI=1S/C17H9Br3N2O4/c18-9-2-1-3-10(7-9)22-16(25)11(15(24)21-17(22)26)4-8-5-12(19)14(23)13(20)6-8/h1-7,23H,(H,21,24,26)/b11-4-. The van der Waals surface area contributed by atoms with Gasteiger partial charge in [-0.3, -0.25) is 14.9 Å². The molecule has 4 amide bonds. The van der Waals surface area contributed by atoms with Crippen LogP contribution in [0.25, 0.3) is 6.08 Å². The summed E-state index contributed by atoms with van der Waals surface area (Å²) in [5.41, 5.74) is 0.617. The lowest BCUT2D eigenvalue weighted by Crippen LogP contribution is -2.54. The number of aromatic hydroxyl groups is 1. The van der Waals surface area contributed by atoms with Crippen LogP contribution in [-0.4, -0.2) is 23.0 Å². The van der Waals surface area contributed by atoms with Gasteiger partial charge in [0.25, 0.3) is 11.8 Å². The van der Waals surface area contributed by atoms with E-state index in [1.165, 1.54) is 6.08 Å². The Morgan fingerprint density at radius 1 is 1.00 bits per heavy atom. The molecule has 6 nitrogen and oxygen atoms in total. The number of hydrogen-bond acceptors (Lipinski definition) is 4. The Morgan fingerprint density at radius 2 is 1.65 bits per heavy atom. The van der Waals surface area contributed by atoms with Crippen molar-refractivity contribution in [3.63, 3.8) is 0 Å². The first-order valence-corrected chi connectivity index (χ1v) is 9.51. The number of nitrogens with zero attached hydrogens (tertiary/aromatic N) is 1. The van der Waals surface area contributed by atoms with Crippen LogP contribution in [0.3, 0.4) is 0 Å². The summed E-state index contributed by atoms with van der Waals surface area (Å²) in [6.45, 7) is 0. The first-order valence-electron chi connectivity index (χ1n) is 7.13. The number of rotatable bonds is 2. The summed E-state index contributed by atoms with van der Waals surface area (Å²) in [6.07, 6.45) is 1.35. The van der Waals surface area contributed by atoms with E-state index in [1.54, 1.807) is 36.4 Å². The molecule has 0 radical (unpaired) electrons. The highest BCUT2D eigenvalue weighted by Gasteiger charge is 2.36. The smallest absolute Gasteiger partial charge is 0.335 e. The van der Waals surface area contributed by atoms with Gasteiger partial charge in [-0.1, -0.05) is 22.0 Å². The number of phenols is 1. The zero-order valence-corrected chi connectivity index (χ0v) is 17.6. The summed E-state index contributed by atoms with van der Waals surface area (Å²) >= 11 is 9.67. The minimum absolute atomic E-state index is 0.00230. The first kappa shape index (κ1) is 18.8. The maximum Gasteiger partial charge on any atom is 0.335 e. The Kier molecular flexibility index (Phi) is 5.31. The van der Waals surface area contributed by atoms with E-state index >= 15 is 0 Å². The lowest BCUT2D eigenvalue weighted by atomic mass is 10.1. The molecule has 2 aromatic rings. The largest absolute Gasteiger partial charge is 0.506 e. The number of nitrogens with one attached hydrogen (secondary N) is 1. The number of barbiturate groups is 1. The van der Waals surface area contributed by atoms with Crippen LogP contribution in [0, 0.1) is 0 Å². The third-order valence-corrected chi connectivity index (χ3v) is 5.22. The van der Waals surface area contributed by atoms with Crippen molar-refractivity contribution < 1.29 is 19.5 Å². The summed E-state index contributed by atoms with van der Waals surface area (Å²) < 4.78 is 1.47. The third-order valence-electron chi connectivity index (χ3n) is 3.52. The maximum absolute atomic E-state index is 12.8. The van der Waals surface area contributed by atoms with Crippen LogP contribution in [0.1, 0.15) is 5.56 Å². The van der Waals surface area contributed by atoms with Crippen molar-refractivity contribution in [2.45, 2.75) is 0 Å². The predicted octanol–water partition coefficient (Wildman–Crippen LogP) is 4.35. The minimum atomic E-state index is -0.816. The van der Waals surface area contributed by atoms with Crippen LogP contribution in [0.15, 0.2) is 55.4 Å². The number of carbonyl (C=O) groups excluding carboxylic acids is 3. The molecule has 1 saturated heterocycles. The van der Waals surface area contributed by atoms with E-state index in [0.29, 0.717) is 24.7 Å². The van der Waals surface area contributed by atoms with Gasteiger partial charge in [-0.25, -0.2) is 9.69 Å². The van der Waals surface area contributed by atoms with Crippen molar-refractivity contribution in [2.24, 2.45) is 0 Å². The highest BCUT2D eigenvalue weighted by atomic mass is 79.9. The number of halogens is 3. The molecule has 9 heteroatoms. The van der Waals surface area contributed by atoms with E-state index in [9.17, 15) is 19.5 Å². The van der Waals surface area contributed by atoms with Crippen LogP contribution in [0.2, 0.25) is 0 Å². The van der Waals surface area contributed by atoms with Gasteiger partial charge in [-0.2, -0.15) is 0 Å². The summed E-state index contributed by atoms with van der Waals surface area (Å²) in [5.74, 6) is -1.53. The number of phenolic OH excluding ortho intramolecular Hbond substituents is 1. The second-order valence-electron chi connectivity index (χ2n) is 5.27. The van der Waals surface area contributed by atoms with Crippen LogP contribution < -0.4 is 10.2 Å². The number of urea groups is 1. The highest BCUT2D eigenvalue weighted by Crippen LogP contribution is 2.34. The van der Waals surface area contributed by atoms with Gasteiger partial charge in [0.05, 0.1) is 14.6 Å². The monoisotopic (exact) mass is 542 g/mol. The van der Waals surface area contributed by atoms with Gasteiger partial charge in [0.15, 0.2) is 0 Å². The maximum atomic E-state index is 12.8. The van der Waals surface area contributed by atoms with Crippen molar-refractivity contribution in [3.05, 3.63) is 61.0 Å². The van der Waals surface area contributed by atoms with Gasteiger partial charge in [-0.15, -0.1) is 0 Å². The fraction of sp³-hybridized carbons (Fsp3) is 0. The molecule has 0 saturated carbocycles. The summed E-state index contributed by atoms with van der Waals surface area (Å²) in [5, 5.41) is 11.9. The SMILES string of the molecule is O=C1NC(=O)N(c2cccc(Br)c2)C(=O)/C1=C\c1cc(Br)c(O)c(Br)c1. The Labute approximate surface area is 173 Å². The van der Waals surface area contributed by atoms with Crippen LogP contribution in [0.4, 0.5) is 10.5 Å². The fourth-order valence-electron chi connectivity index (χ4n) is 2.34. The Morgan fingerprint density at radius 3 is 2.27 bits per heavy atom. The molecular weight excluding hydrogens is 536 g/mol. The van der Waals surface area contributed by atoms with Crippen molar-refractivity contribution >= 4 is 77.4 Å². The molecule has 1 heterocycles. The van der Waals surface area contributed by atoms with Gasteiger partial charge < -0.3 is 5.11 Å². The molecule has 2 aromatic carbocycles. The second-order valence-corrected chi connectivity index (χ2v) is 7.90. The zero-order valence-electron chi connectivity index (χ0n) is 12.8. The fourth-order valence-corrected chi connectivity index (χ4v) is 3.95. The Balaban J connectivity index is 2.06. The molecule has 0 bridgehead atoms. The van der Waals surface area contributed by atoms with E-state index in [2.05, 4.69) is 53.1 Å². The zero-order chi connectivity index (χ0) is 19.0. The number of hydrogen-bond donors (Lipinski definition) is 2. The number of anilines is 1. The number of carbonyl (C=O) groups is 3. The minimum Gasteiger partial charge on any atom is -0.506 e. The molecule has 1 aliphatic rings. The molecule has 1 fully saturated rings. The van der Waals surface area contributed by atoms with Gasteiger partial charge in [0, 0.05) is 4.47 Å². The summed E-state index contributed by atoms with van der Waals surface area (Å²) in [6, 6.07) is 8.89. The second kappa shape index (κ2) is 7.34. The van der Waals surface area contributed by atoms with Gasteiger partial charge in [0.2, 0.25) is 0 Å². The van der Waals surface area contributed by atoms with Crippen molar-refractivity contribution in [1.29, 1.82) is 0 Å². The van der Waals surface area contributed by atoms with E-state index in [-0.39, 0.29) is 11.3 Å². The van der Waals surface area contributed by atoms with E-state index in [1.807, 2.05) is 0 Å². The molecule has 132 valence electrons. The molecule has 0 unspecified atom stereocenters. The van der Waals surface area contributed by atoms with Crippen molar-refractivity contribution in [2.75, 3.05) is 4.90 Å². The van der Waals surface area contributed by atoms with Gasteiger partial charge in [0.1, 0.15) is 11.3 Å². The first-order chi connectivity index (χ1) is 12.3. The van der Waals surface area contributed by atoms with Crippen molar-refractivity contribution in [3.8, 4) is 5.75 Å². The number of benzene rings is 2. The molecule has 0 atom stereocenters. The van der Waals surface area contributed by atoms with Gasteiger partial charge >= 0.3 is 6.03 Å². The highest BCUT2D eigenvalue weighted by molar-refractivity contribution is 9.11. The quantitative estimate of drug-likeness (QED) is 0.435. The molecule has 26 heavy (non-hydrogen) atoms. The average Bonchev–Trinajstić information content (AvgIpc) is 2.56. The number of amides is 4. The van der Waals surface area contributed by atoms with E-state index in [4.69, 9.17) is 0 Å². The predicted molar refractivity (Wildman–Crippen MR) is 107 cm³/mol. The lowest BCUT2D eigenvalue weighted by Gasteiger charge is -2.26. The molecule has 0 spiro atoms. The molecular formula is C17H9Br3N2O4. The van der Waals surface area contributed by atoms with Gasteiger partial charge in [-0.05, 0) is 73.8 Å². The van der Waals surface area contributed by atoms with Crippen LogP contribution in [0.5, 0.6) is 5.75 Å². The number of imide groups is 2. The lowest BCUT2D eigenvalue weighted by molar-refractivity contribution is -0.122. The van der Waals surface area contributed by atoms with E-state index in [0.717, 1.165) is 4.90 Å². The third kappa shape index (κ3) is 3.60. The molecule has 2 N–H and O–H groups in total. The Hall–Kier alpha value is -1.97. The van der Waals surface area contributed by atoms with E-state index < -0.39 is 17.8 Å². The normalized spacial score (nSPS) is 16.2. The average molecular weight is 545 g/mol. The van der Waals surface area contributed by atoms with Crippen LogP contribution in [-0.2, 0) is 9.59 Å². The summed E-state index contributed by atoms with van der Waals surface area (Å²) in [7, 11) is 0. The molecule has 3 rings (SSSR count). The molecule has 1 aliphatic heterocycles. The topological polar surface area (TPSA) is 86.7 Å². The molecule has 0 aromatic heterocycles. The van der Waals surface area contributed by atoms with Crippen molar-refractivity contribution in [1.82, 2.24) is 5.32 Å².